The topological polar surface area (TPSA) is 203 Å². The fraction of sp³-hybridized carbons (Fsp3) is 0.149. The van der Waals surface area contributed by atoms with E-state index in [0.717, 1.165) is 37.4 Å². The van der Waals surface area contributed by atoms with E-state index in [2.05, 4.69) is 41.0 Å². The van der Waals surface area contributed by atoms with E-state index in [9.17, 15) is 36.7 Å². The van der Waals surface area contributed by atoms with Crippen molar-refractivity contribution in [3.8, 4) is 11.5 Å². The number of benzene rings is 4. The summed E-state index contributed by atoms with van der Waals surface area (Å²) in [6, 6.07) is 18.9. The van der Waals surface area contributed by atoms with Crippen molar-refractivity contribution >= 4 is 116 Å². The summed E-state index contributed by atoms with van der Waals surface area (Å²) in [5.74, 6) is -4.02. The number of pyridine rings is 2. The fourth-order valence-electron chi connectivity index (χ4n) is 6.50. The Bertz CT molecular complexity index is 3110. The smallest absolute Gasteiger partial charge is 0.494 e. The first-order valence-electron chi connectivity index (χ1n) is 20.6. The van der Waals surface area contributed by atoms with Crippen LogP contribution in [0.3, 0.4) is 0 Å². The lowest BCUT2D eigenvalue weighted by Crippen LogP contribution is -2.24. The largest absolute Gasteiger partial charge is 0.573 e. The number of methoxy groups -OCH3 is 1. The van der Waals surface area contributed by atoms with E-state index >= 15 is 0 Å². The molecule has 2 aromatic heterocycles. The van der Waals surface area contributed by atoms with Gasteiger partial charge in [-0.2, -0.15) is 0 Å². The SMILES string of the molecule is CN=C(c1ccc(C(=O)Nc2c(OC(F)(F)F)cc(Cl)cc2C(=O)Nc2ccc(Cl)cn2)c(F)c1)N(C)C.COc1cc(Cl)cc(C(=O)Nc2ccc(Cl)cn2)c1NC(=O)c1ccc(C(=N)N2CC2)cc1Cl. The number of nitrogens with one attached hydrogen (secondary N) is 5. The molecule has 0 unspecified atom stereocenters. The van der Waals surface area contributed by atoms with Gasteiger partial charge in [0.15, 0.2) is 5.75 Å². The number of ether oxygens (including phenoxy) is 2. The molecule has 7 rings (SSSR count). The summed E-state index contributed by atoms with van der Waals surface area (Å²) in [6.45, 7) is 1.65. The van der Waals surface area contributed by atoms with Crippen LogP contribution in [0.1, 0.15) is 52.6 Å². The minimum Gasteiger partial charge on any atom is -0.494 e. The average molecular weight is 1090 g/mol. The highest BCUT2D eigenvalue weighted by Crippen LogP contribution is 2.38. The molecule has 374 valence electrons. The zero-order valence-electron chi connectivity index (χ0n) is 37.7. The summed E-state index contributed by atoms with van der Waals surface area (Å²) in [4.78, 5) is 67.5. The molecule has 4 amide bonds. The fourth-order valence-corrected chi connectivity index (χ4v) is 7.41. The van der Waals surface area contributed by atoms with Crippen molar-refractivity contribution in [1.82, 2.24) is 19.8 Å². The van der Waals surface area contributed by atoms with Gasteiger partial charge in [0.05, 0.1) is 55.8 Å². The van der Waals surface area contributed by atoms with Crippen molar-refractivity contribution in [2.24, 2.45) is 4.99 Å². The number of alkyl halides is 3. The number of halogens is 9. The molecule has 0 radical (unpaired) electrons. The van der Waals surface area contributed by atoms with Gasteiger partial charge in [0.25, 0.3) is 23.6 Å². The van der Waals surface area contributed by atoms with Crippen LogP contribution >= 0.6 is 58.0 Å². The summed E-state index contributed by atoms with van der Waals surface area (Å²) >= 11 is 30.1. The third-order valence-corrected chi connectivity index (χ3v) is 11.0. The number of hydrogen-bond acceptors (Lipinski definition) is 10. The summed E-state index contributed by atoms with van der Waals surface area (Å²) < 4.78 is 63.7. The van der Waals surface area contributed by atoms with Crippen LogP contribution in [-0.4, -0.2) is 103 Å². The van der Waals surface area contributed by atoms with Crippen LogP contribution in [0.25, 0.3) is 0 Å². The van der Waals surface area contributed by atoms with E-state index in [1.807, 2.05) is 4.90 Å². The molecule has 6 aromatic rings. The molecule has 0 aliphatic carbocycles. The van der Waals surface area contributed by atoms with Gasteiger partial charge in [-0.05, 0) is 60.7 Å². The molecule has 0 saturated carbocycles. The summed E-state index contributed by atoms with van der Waals surface area (Å²) in [6.07, 6.45) is -2.58. The molecule has 72 heavy (non-hydrogen) atoms. The third-order valence-electron chi connectivity index (χ3n) is 9.84. The molecule has 25 heteroatoms. The van der Waals surface area contributed by atoms with Gasteiger partial charge in [0.2, 0.25) is 0 Å². The van der Waals surface area contributed by atoms with Gasteiger partial charge < -0.3 is 40.5 Å². The Kier molecular flexibility index (Phi) is 17.5. The molecule has 1 aliphatic heterocycles. The van der Waals surface area contributed by atoms with Crippen molar-refractivity contribution in [2.45, 2.75) is 6.36 Å². The van der Waals surface area contributed by atoms with Crippen LogP contribution < -0.4 is 30.7 Å². The second-order valence-corrected chi connectivity index (χ2v) is 17.3. The third kappa shape index (κ3) is 14.0. The Balaban J connectivity index is 0.000000237. The normalized spacial score (nSPS) is 11.9. The highest BCUT2D eigenvalue weighted by molar-refractivity contribution is 6.35. The van der Waals surface area contributed by atoms with E-state index in [4.69, 9.17) is 68.2 Å². The van der Waals surface area contributed by atoms with Crippen LogP contribution in [-0.2, 0) is 0 Å². The molecule has 0 bridgehead atoms. The van der Waals surface area contributed by atoms with Crippen LogP contribution in [0.5, 0.6) is 11.5 Å². The van der Waals surface area contributed by atoms with Gasteiger partial charge in [-0.15, -0.1) is 13.2 Å². The Hall–Kier alpha value is -7.23. The van der Waals surface area contributed by atoms with Crippen molar-refractivity contribution in [3.63, 3.8) is 0 Å². The molecule has 16 nitrogen and oxygen atoms in total. The van der Waals surface area contributed by atoms with E-state index in [0.29, 0.717) is 27.8 Å². The van der Waals surface area contributed by atoms with Gasteiger partial charge in [-0.1, -0.05) is 70.1 Å². The van der Waals surface area contributed by atoms with E-state index in [1.54, 1.807) is 37.2 Å². The second kappa shape index (κ2) is 23.3. The van der Waals surface area contributed by atoms with Gasteiger partial charge >= 0.3 is 6.36 Å². The monoisotopic (exact) mass is 1090 g/mol. The van der Waals surface area contributed by atoms with E-state index < -0.39 is 58.4 Å². The number of aliphatic imine (C=N–C) groups is 1. The lowest BCUT2D eigenvalue weighted by molar-refractivity contribution is -0.274. The maximum atomic E-state index is 14.9. The van der Waals surface area contributed by atoms with Crippen molar-refractivity contribution in [3.05, 3.63) is 162 Å². The Labute approximate surface area is 432 Å². The number of nitrogens with zero attached hydrogens (tertiary/aromatic N) is 5. The molecule has 1 aliphatic rings. The molecule has 0 atom stereocenters. The van der Waals surface area contributed by atoms with Crippen molar-refractivity contribution < 1.29 is 46.2 Å². The van der Waals surface area contributed by atoms with E-state index in [-0.39, 0.29) is 54.3 Å². The first kappa shape index (κ1) is 54.1. The van der Waals surface area contributed by atoms with Gasteiger partial charge in [0, 0.05) is 79.9 Å². The van der Waals surface area contributed by atoms with E-state index in [1.165, 1.54) is 69.0 Å². The van der Waals surface area contributed by atoms with Crippen LogP contribution in [0.15, 0.2) is 102 Å². The highest BCUT2D eigenvalue weighted by atomic mass is 35.5. The maximum Gasteiger partial charge on any atom is 0.573 e. The quantitative estimate of drug-likeness (QED) is 0.0340. The van der Waals surface area contributed by atoms with Crippen molar-refractivity contribution in [1.29, 1.82) is 5.41 Å². The molecule has 5 N–H and O–H groups in total. The number of anilines is 4. The Morgan fingerprint density at radius 2 is 1.14 bits per heavy atom. The predicted octanol–water partition coefficient (Wildman–Crippen LogP) is 11.1. The van der Waals surface area contributed by atoms with Gasteiger partial charge in [-0.3, -0.25) is 29.6 Å². The number of amides is 4. The van der Waals surface area contributed by atoms with Crippen molar-refractivity contribution in [2.75, 3.05) is 62.6 Å². The summed E-state index contributed by atoms with van der Waals surface area (Å²) in [5.41, 5.74) is -0.407. The number of aromatic nitrogens is 2. The molecular formula is C47H37Cl5F4N10O6. The summed E-state index contributed by atoms with van der Waals surface area (Å²) in [5, 5.41) is 18.8. The minimum absolute atomic E-state index is 0.00543. The average Bonchev–Trinajstić information content (AvgIpc) is 4.17. The first-order chi connectivity index (χ1) is 34.0. The zero-order valence-corrected chi connectivity index (χ0v) is 41.5. The molecule has 0 spiro atoms. The Morgan fingerprint density at radius 3 is 1.58 bits per heavy atom. The molecular weight excluding hydrogens is 1050 g/mol. The summed E-state index contributed by atoms with van der Waals surface area (Å²) in [7, 11) is 6.28. The minimum atomic E-state index is -5.20. The molecule has 3 heterocycles. The van der Waals surface area contributed by atoms with Crippen LogP contribution in [0, 0.1) is 11.2 Å². The first-order valence-corrected chi connectivity index (χ1v) is 22.5. The highest BCUT2D eigenvalue weighted by Gasteiger charge is 2.34. The lowest BCUT2D eigenvalue weighted by Gasteiger charge is -2.19. The number of carbonyl (C=O) groups is 4. The molecule has 1 saturated heterocycles. The number of carbonyl (C=O) groups excluding carboxylic acids is 4. The lowest BCUT2D eigenvalue weighted by atomic mass is 10.1. The second-order valence-electron chi connectivity index (χ2n) is 15.1. The standard InChI is InChI=1S/C24H19Cl2F4N5O3.C23H18Cl3N5O3/c1-31-21(35(2)3)12-4-6-15(17(27)8-12)22(36)34-20-16(9-14(26)10-18(20)38-24(28,29)30)23(37)33-19-7-5-13(25)11-32-19;1-34-18-10-14(25)9-16(23(33)29-19-5-3-13(24)11-28-19)20(18)30-22(32)15-4-2-12(8-17(15)26)21(27)31-6-7-31/h4-11H,1-3H3,(H,34,36)(H,32,33,37);2-5,8-11,27H,6-7H2,1H3,(H,30,32)(H,28,29,33). The van der Waals surface area contributed by atoms with Gasteiger partial charge in [0.1, 0.15) is 34.9 Å². The zero-order chi connectivity index (χ0) is 52.6. The number of rotatable bonds is 12. The number of hydrogen-bond donors (Lipinski definition) is 5. The number of amidine groups is 2. The predicted molar refractivity (Wildman–Crippen MR) is 269 cm³/mol. The maximum absolute atomic E-state index is 14.9. The van der Waals surface area contributed by atoms with Crippen LogP contribution in [0.4, 0.5) is 40.6 Å². The molecule has 4 aromatic carbocycles. The van der Waals surface area contributed by atoms with Crippen LogP contribution in [0.2, 0.25) is 25.1 Å². The molecule has 1 fully saturated rings. The Morgan fingerprint density at radius 1 is 0.653 bits per heavy atom. The van der Waals surface area contributed by atoms with Gasteiger partial charge in [-0.25, -0.2) is 14.4 Å².